The van der Waals surface area contributed by atoms with Crippen LogP contribution in [0.15, 0.2) is 29.3 Å². The fourth-order valence-electron chi connectivity index (χ4n) is 2.22. The molecular weight excluding hydrogens is 344 g/mol. The van der Waals surface area contributed by atoms with Gasteiger partial charge in [0.1, 0.15) is 5.75 Å². The number of carbonyl (C=O) groups is 1. The summed E-state index contributed by atoms with van der Waals surface area (Å²) in [5, 5.41) is 9.38. The number of methoxy groups -OCH3 is 1. The Balaban J connectivity index is 2.56. The minimum atomic E-state index is 0.0235. The van der Waals surface area contributed by atoms with Crippen molar-refractivity contribution in [2.24, 2.45) is 4.99 Å². The van der Waals surface area contributed by atoms with Crippen LogP contribution in [0.4, 0.5) is 5.69 Å². The Hall–Kier alpha value is -2.28. The van der Waals surface area contributed by atoms with Gasteiger partial charge in [-0.25, -0.2) is 0 Å². The number of ether oxygens (including phenoxy) is 2. The van der Waals surface area contributed by atoms with E-state index < -0.39 is 0 Å². The van der Waals surface area contributed by atoms with Gasteiger partial charge in [-0.3, -0.25) is 9.79 Å². The third-order valence-electron chi connectivity index (χ3n) is 3.83. The minimum Gasteiger partial charge on any atom is -0.493 e. The lowest BCUT2D eigenvalue weighted by molar-refractivity contribution is -0.121. The van der Waals surface area contributed by atoms with Crippen LogP contribution in [-0.2, 0) is 9.53 Å². The maximum absolute atomic E-state index is 11.9. The molecular formula is C20H34N4O3. The Morgan fingerprint density at radius 1 is 1.26 bits per heavy atom. The fraction of sp³-hybridized carbons (Fsp3) is 0.600. The van der Waals surface area contributed by atoms with Gasteiger partial charge in [-0.1, -0.05) is 13.0 Å². The van der Waals surface area contributed by atoms with Crippen molar-refractivity contribution in [3.8, 4) is 5.75 Å². The van der Waals surface area contributed by atoms with Gasteiger partial charge in [-0.15, -0.1) is 0 Å². The second-order valence-corrected chi connectivity index (χ2v) is 6.24. The fourth-order valence-corrected chi connectivity index (χ4v) is 2.22. The van der Waals surface area contributed by atoms with Crippen LogP contribution in [0, 0.1) is 0 Å². The van der Waals surface area contributed by atoms with Crippen LogP contribution >= 0.6 is 0 Å². The van der Waals surface area contributed by atoms with Crippen molar-refractivity contribution in [1.29, 1.82) is 0 Å². The van der Waals surface area contributed by atoms with Crippen molar-refractivity contribution in [2.75, 3.05) is 38.7 Å². The quantitative estimate of drug-likeness (QED) is 0.296. The molecule has 1 rings (SSSR count). The zero-order chi connectivity index (χ0) is 19.9. The third kappa shape index (κ3) is 10.5. The standard InChI is InChI=1S/C20H34N4O3/c1-5-16(3)23-19(25)11-12-22-20(21-6-2)24-17-9-7-10-18(15-17)27-14-8-13-26-4/h7,9-10,15-16H,5-6,8,11-14H2,1-4H3,(H,23,25)(H2,21,22,24). The number of nitrogens with one attached hydrogen (secondary N) is 3. The van der Waals surface area contributed by atoms with Crippen molar-refractivity contribution in [3.63, 3.8) is 0 Å². The van der Waals surface area contributed by atoms with Crippen molar-refractivity contribution in [3.05, 3.63) is 24.3 Å². The summed E-state index contributed by atoms with van der Waals surface area (Å²) in [5.74, 6) is 1.46. The summed E-state index contributed by atoms with van der Waals surface area (Å²) in [6.07, 6.45) is 2.13. The Morgan fingerprint density at radius 2 is 2.07 bits per heavy atom. The minimum absolute atomic E-state index is 0.0235. The molecule has 1 atom stereocenters. The number of rotatable bonds is 12. The smallest absolute Gasteiger partial charge is 0.222 e. The lowest BCUT2D eigenvalue weighted by atomic mass is 10.2. The molecule has 0 aliphatic heterocycles. The number of aliphatic imine (C=N–C) groups is 1. The molecule has 0 fully saturated rings. The normalized spacial score (nSPS) is 12.4. The first-order chi connectivity index (χ1) is 13.1. The van der Waals surface area contributed by atoms with E-state index in [1.807, 2.05) is 45.0 Å². The van der Waals surface area contributed by atoms with Crippen molar-refractivity contribution in [2.45, 2.75) is 46.1 Å². The Kier molecular flexibility index (Phi) is 11.7. The average Bonchev–Trinajstić information content (AvgIpc) is 2.65. The van der Waals surface area contributed by atoms with E-state index in [1.165, 1.54) is 0 Å². The van der Waals surface area contributed by atoms with E-state index in [4.69, 9.17) is 9.47 Å². The molecule has 27 heavy (non-hydrogen) atoms. The van der Waals surface area contributed by atoms with Gasteiger partial charge in [-0.2, -0.15) is 0 Å². The van der Waals surface area contributed by atoms with Crippen molar-refractivity contribution < 1.29 is 14.3 Å². The SMILES string of the molecule is CCNC(=NCCC(=O)NC(C)CC)Nc1cccc(OCCCOC)c1. The molecule has 0 saturated carbocycles. The summed E-state index contributed by atoms with van der Waals surface area (Å²) in [6.45, 7) is 8.49. The van der Waals surface area contributed by atoms with E-state index in [-0.39, 0.29) is 11.9 Å². The van der Waals surface area contributed by atoms with E-state index in [0.29, 0.717) is 32.1 Å². The molecule has 0 bridgehead atoms. The number of benzene rings is 1. The highest BCUT2D eigenvalue weighted by Gasteiger charge is 2.06. The number of amides is 1. The summed E-state index contributed by atoms with van der Waals surface area (Å²) in [7, 11) is 1.68. The number of nitrogens with zero attached hydrogens (tertiary/aromatic N) is 1. The second-order valence-electron chi connectivity index (χ2n) is 6.24. The molecule has 0 aliphatic carbocycles. The van der Waals surface area contributed by atoms with Crippen LogP contribution in [0.5, 0.6) is 5.75 Å². The van der Waals surface area contributed by atoms with E-state index in [2.05, 4.69) is 20.9 Å². The van der Waals surface area contributed by atoms with Gasteiger partial charge in [-0.05, 0) is 32.4 Å². The topological polar surface area (TPSA) is 84.0 Å². The van der Waals surface area contributed by atoms with Crippen LogP contribution in [0.3, 0.4) is 0 Å². The largest absolute Gasteiger partial charge is 0.493 e. The van der Waals surface area contributed by atoms with Crippen LogP contribution in [0.25, 0.3) is 0 Å². The van der Waals surface area contributed by atoms with Crippen LogP contribution in [0.1, 0.15) is 40.0 Å². The van der Waals surface area contributed by atoms with E-state index in [9.17, 15) is 4.79 Å². The molecule has 1 aromatic carbocycles. The van der Waals surface area contributed by atoms with Gasteiger partial charge < -0.3 is 25.4 Å². The highest BCUT2D eigenvalue weighted by molar-refractivity contribution is 5.93. The molecule has 0 saturated heterocycles. The van der Waals surface area contributed by atoms with Crippen LogP contribution in [-0.4, -0.2) is 51.3 Å². The molecule has 1 amide bonds. The van der Waals surface area contributed by atoms with Gasteiger partial charge >= 0.3 is 0 Å². The first-order valence-corrected chi connectivity index (χ1v) is 9.65. The van der Waals surface area contributed by atoms with Gasteiger partial charge in [0.2, 0.25) is 5.91 Å². The first-order valence-electron chi connectivity index (χ1n) is 9.65. The summed E-state index contributed by atoms with van der Waals surface area (Å²) in [4.78, 5) is 16.3. The predicted molar refractivity (Wildman–Crippen MR) is 111 cm³/mol. The molecule has 7 heteroatoms. The maximum atomic E-state index is 11.9. The molecule has 0 spiro atoms. The predicted octanol–water partition coefficient (Wildman–Crippen LogP) is 2.78. The molecule has 0 radical (unpaired) electrons. The lowest BCUT2D eigenvalue weighted by Gasteiger charge is -2.13. The summed E-state index contributed by atoms with van der Waals surface area (Å²) >= 11 is 0. The molecule has 0 aromatic heterocycles. The molecule has 3 N–H and O–H groups in total. The second kappa shape index (κ2) is 13.9. The summed E-state index contributed by atoms with van der Waals surface area (Å²) < 4.78 is 10.7. The van der Waals surface area contributed by atoms with Gasteiger partial charge in [0.25, 0.3) is 0 Å². The molecule has 1 aromatic rings. The van der Waals surface area contributed by atoms with Gasteiger partial charge in [0.05, 0.1) is 13.2 Å². The van der Waals surface area contributed by atoms with Crippen LogP contribution in [0.2, 0.25) is 0 Å². The zero-order valence-corrected chi connectivity index (χ0v) is 17.0. The summed E-state index contributed by atoms with van der Waals surface area (Å²) in [5.41, 5.74) is 0.878. The number of carbonyl (C=O) groups excluding carboxylic acids is 1. The van der Waals surface area contributed by atoms with E-state index >= 15 is 0 Å². The zero-order valence-electron chi connectivity index (χ0n) is 17.0. The van der Waals surface area contributed by atoms with E-state index in [1.54, 1.807) is 7.11 Å². The lowest BCUT2D eigenvalue weighted by Crippen LogP contribution is -2.33. The average molecular weight is 379 g/mol. The number of hydrogen-bond acceptors (Lipinski definition) is 4. The summed E-state index contributed by atoms with van der Waals surface area (Å²) in [6, 6.07) is 7.91. The number of guanidine groups is 1. The Bertz CT molecular complexity index is 578. The van der Waals surface area contributed by atoms with Gasteiger partial charge in [0.15, 0.2) is 5.96 Å². The molecule has 0 heterocycles. The van der Waals surface area contributed by atoms with Crippen molar-refractivity contribution in [1.82, 2.24) is 10.6 Å². The molecule has 152 valence electrons. The Morgan fingerprint density at radius 3 is 2.78 bits per heavy atom. The number of anilines is 1. The molecule has 1 unspecified atom stereocenters. The number of hydrogen-bond donors (Lipinski definition) is 3. The molecule has 0 aliphatic rings. The monoisotopic (exact) mass is 378 g/mol. The Labute approximate surface area is 162 Å². The molecule has 7 nitrogen and oxygen atoms in total. The van der Waals surface area contributed by atoms with E-state index in [0.717, 1.165) is 30.8 Å². The first kappa shape index (κ1) is 22.8. The van der Waals surface area contributed by atoms with Crippen LogP contribution < -0.4 is 20.7 Å². The maximum Gasteiger partial charge on any atom is 0.222 e. The highest BCUT2D eigenvalue weighted by Crippen LogP contribution is 2.17. The highest BCUT2D eigenvalue weighted by atomic mass is 16.5. The van der Waals surface area contributed by atoms with Crippen molar-refractivity contribution >= 4 is 17.6 Å². The third-order valence-corrected chi connectivity index (χ3v) is 3.83. The van der Waals surface area contributed by atoms with Gasteiger partial charge in [0, 0.05) is 50.9 Å².